The Morgan fingerprint density at radius 2 is 2.00 bits per heavy atom. The van der Waals surface area contributed by atoms with Crippen molar-refractivity contribution in [3.8, 4) is 0 Å². The molecule has 1 aromatic carbocycles. The maximum atomic E-state index is 6.26. The van der Waals surface area contributed by atoms with Crippen molar-refractivity contribution in [3.05, 3.63) is 63.4 Å². The molecule has 0 amide bonds. The largest absolute Gasteiger partial charge is 0.324 e. The predicted molar refractivity (Wildman–Crippen MR) is 78.5 cm³/mol. The minimum absolute atomic E-state index is 0.00889. The molecule has 0 saturated carbocycles. The van der Waals surface area contributed by atoms with Gasteiger partial charge in [0.1, 0.15) is 0 Å². The molecule has 0 aliphatic carbocycles. The van der Waals surface area contributed by atoms with E-state index in [4.69, 9.17) is 5.73 Å². The third-order valence-corrected chi connectivity index (χ3v) is 4.03. The number of aryl methyl sites for hydroxylation is 2. The van der Waals surface area contributed by atoms with Crippen molar-refractivity contribution in [1.82, 2.24) is 4.98 Å². The van der Waals surface area contributed by atoms with Crippen molar-refractivity contribution < 1.29 is 0 Å². The van der Waals surface area contributed by atoms with Crippen molar-refractivity contribution in [2.45, 2.75) is 26.3 Å². The van der Waals surface area contributed by atoms with E-state index < -0.39 is 0 Å². The number of hydrogen-bond acceptors (Lipinski definition) is 2. The number of hydrogen-bond donors (Lipinski definition) is 1. The van der Waals surface area contributed by atoms with E-state index in [1.165, 1.54) is 11.1 Å². The van der Waals surface area contributed by atoms with Crippen LogP contribution in [-0.4, -0.2) is 4.98 Å². The van der Waals surface area contributed by atoms with Gasteiger partial charge in [-0.3, -0.25) is 4.98 Å². The predicted octanol–water partition coefficient (Wildman–Crippen LogP) is 3.70. The fourth-order valence-electron chi connectivity index (χ4n) is 1.96. The number of pyridine rings is 1. The average Bonchev–Trinajstić information content (AvgIpc) is 2.35. The molecular weight excluding hydrogens is 288 g/mol. The second-order valence-corrected chi connectivity index (χ2v) is 5.44. The summed E-state index contributed by atoms with van der Waals surface area (Å²) in [6.07, 6.45) is 2.59. The van der Waals surface area contributed by atoms with Crippen molar-refractivity contribution in [1.29, 1.82) is 0 Å². The molecule has 0 bridgehead atoms. The van der Waals surface area contributed by atoms with Crippen LogP contribution in [0.1, 0.15) is 28.4 Å². The fraction of sp³-hybridized carbons (Fsp3) is 0.267. The van der Waals surface area contributed by atoms with E-state index in [1.807, 2.05) is 12.3 Å². The molecule has 0 radical (unpaired) electrons. The second-order valence-electron chi connectivity index (χ2n) is 4.59. The van der Waals surface area contributed by atoms with Gasteiger partial charge in [-0.15, -0.1) is 0 Å². The fourth-order valence-corrected chi connectivity index (χ4v) is 2.20. The lowest BCUT2D eigenvalue weighted by Gasteiger charge is -2.14. The summed E-state index contributed by atoms with van der Waals surface area (Å²) in [6.45, 7) is 4.15. The first kappa shape index (κ1) is 13.2. The molecule has 0 saturated heterocycles. The van der Waals surface area contributed by atoms with Crippen LogP contribution in [0.3, 0.4) is 0 Å². The van der Waals surface area contributed by atoms with Gasteiger partial charge < -0.3 is 5.73 Å². The van der Waals surface area contributed by atoms with Crippen LogP contribution in [0, 0.1) is 13.8 Å². The van der Waals surface area contributed by atoms with Crippen molar-refractivity contribution in [2.24, 2.45) is 5.73 Å². The monoisotopic (exact) mass is 304 g/mol. The molecule has 0 aliphatic heterocycles. The number of nitrogens with two attached hydrogens (primary N) is 1. The van der Waals surface area contributed by atoms with Gasteiger partial charge in [0.05, 0.1) is 0 Å². The molecule has 1 unspecified atom stereocenters. The molecule has 2 N–H and O–H groups in total. The van der Waals surface area contributed by atoms with Gasteiger partial charge in [-0.2, -0.15) is 0 Å². The van der Waals surface area contributed by atoms with Gasteiger partial charge in [-0.05, 0) is 42.7 Å². The third kappa shape index (κ3) is 2.98. The van der Waals surface area contributed by atoms with Crippen LogP contribution >= 0.6 is 15.9 Å². The topological polar surface area (TPSA) is 38.9 Å². The Bertz CT molecular complexity index is 552. The molecule has 18 heavy (non-hydrogen) atoms. The average molecular weight is 305 g/mol. The zero-order chi connectivity index (χ0) is 13.1. The molecule has 94 valence electrons. The molecule has 1 heterocycles. The first-order chi connectivity index (χ1) is 8.58. The molecule has 0 fully saturated rings. The molecule has 2 nitrogen and oxygen atoms in total. The summed E-state index contributed by atoms with van der Waals surface area (Å²) >= 11 is 3.50. The van der Waals surface area contributed by atoms with Crippen LogP contribution in [0.2, 0.25) is 0 Å². The van der Waals surface area contributed by atoms with Gasteiger partial charge in [-0.25, -0.2) is 0 Å². The number of halogens is 1. The summed E-state index contributed by atoms with van der Waals surface area (Å²) in [5, 5.41) is 0. The third-order valence-electron chi connectivity index (χ3n) is 3.14. The maximum absolute atomic E-state index is 6.26. The van der Waals surface area contributed by atoms with E-state index in [2.05, 4.69) is 59.0 Å². The highest BCUT2D eigenvalue weighted by Crippen LogP contribution is 2.22. The summed E-state index contributed by atoms with van der Waals surface area (Å²) in [7, 11) is 0. The Balaban J connectivity index is 2.19. The molecular formula is C15H17BrN2. The van der Waals surface area contributed by atoms with E-state index in [9.17, 15) is 0 Å². The van der Waals surface area contributed by atoms with E-state index in [1.54, 1.807) is 0 Å². The van der Waals surface area contributed by atoms with Gasteiger partial charge in [0.15, 0.2) is 0 Å². The Morgan fingerprint density at radius 3 is 2.67 bits per heavy atom. The Labute approximate surface area is 116 Å². The molecule has 0 aliphatic rings. The van der Waals surface area contributed by atoms with Gasteiger partial charge in [0, 0.05) is 28.8 Å². The quantitative estimate of drug-likeness (QED) is 0.939. The highest BCUT2D eigenvalue weighted by molar-refractivity contribution is 9.10. The zero-order valence-corrected chi connectivity index (χ0v) is 12.2. The summed E-state index contributed by atoms with van der Waals surface area (Å²) in [6, 6.07) is 10.3. The Hall–Kier alpha value is -1.19. The van der Waals surface area contributed by atoms with Crippen LogP contribution < -0.4 is 5.73 Å². The molecule has 2 rings (SSSR count). The number of benzene rings is 1. The molecule has 2 aromatic rings. The van der Waals surface area contributed by atoms with E-state index >= 15 is 0 Å². The lowest BCUT2D eigenvalue weighted by atomic mass is 9.99. The van der Waals surface area contributed by atoms with E-state index in [0.29, 0.717) is 0 Å². The normalized spacial score (nSPS) is 12.4. The van der Waals surface area contributed by atoms with E-state index in [-0.39, 0.29) is 6.04 Å². The minimum atomic E-state index is -0.00889. The highest BCUT2D eigenvalue weighted by atomic mass is 79.9. The summed E-state index contributed by atoms with van der Waals surface area (Å²) < 4.78 is 1.12. The second kappa shape index (κ2) is 5.63. The molecule has 1 atom stereocenters. The first-order valence-electron chi connectivity index (χ1n) is 6.00. The Morgan fingerprint density at radius 1 is 1.22 bits per heavy atom. The summed E-state index contributed by atoms with van der Waals surface area (Å²) in [5.41, 5.74) is 10.9. The lowest BCUT2D eigenvalue weighted by molar-refractivity contribution is 0.702. The van der Waals surface area contributed by atoms with Crippen LogP contribution in [-0.2, 0) is 6.42 Å². The highest BCUT2D eigenvalue weighted by Gasteiger charge is 2.10. The van der Waals surface area contributed by atoms with Crippen LogP contribution in [0.25, 0.3) is 0 Å². The van der Waals surface area contributed by atoms with Gasteiger partial charge >= 0.3 is 0 Å². The van der Waals surface area contributed by atoms with Gasteiger partial charge in [0.2, 0.25) is 0 Å². The van der Waals surface area contributed by atoms with Crippen molar-refractivity contribution >= 4 is 15.9 Å². The van der Waals surface area contributed by atoms with Crippen LogP contribution in [0.5, 0.6) is 0 Å². The Kier molecular flexibility index (Phi) is 4.15. The molecule has 0 spiro atoms. The summed E-state index contributed by atoms with van der Waals surface area (Å²) in [4.78, 5) is 4.39. The molecule has 3 heteroatoms. The first-order valence-corrected chi connectivity index (χ1v) is 6.79. The standard InChI is InChI=1S/C15H17BrN2/c1-10-4-3-7-18-15(10)9-14(17)12-5-6-13(16)11(2)8-12/h3-8,14H,9,17H2,1-2H3. The summed E-state index contributed by atoms with van der Waals surface area (Å²) in [5.74, 6) is 0. The zero-order valence-electron chi connectivity index (χ0n) is 10.7. The smallest absolute Gasteiger partial charge is 0.0451 e. The number of rotatable bonds is 3. The number of nitrogens with zero attached hydrogens (tertiary/aromatic N) is 1. The SMILES string of the molecule is Cc1cc(C(N)Cc2ncccc2C)ccc1Br. The van der Waals surface area contributed by atoms with Gasteiger partial charge in [0.25, 0.3) is 0 Å². The van der Waals surface area contributed by atoms with Crippen LogP contribution in [0.15, 0.2) is 41.0 Å². The lowest BCUT2D eigenvalue weighted by Crippen LogP contribution is -2.15. The van der Waals surface area contributed by atoms with Crippen molar-refractivity contribution in [3.63, 3.8) is 0 Å². The van der Waals surface area contributed by atoms with E-state index in [0.717, 1.165) is 22.2 Å². The molecule has 1 aromatic heterocycles. The minimum Gasteiger partial charge on any atom is -0.324 e. The van der Waals surface area contributed by atoms with Crippen LogP contribution in [0.4, 0.5) is 0 Å². The number of aromatic nitrogens is 1. The van der Waals surface area contributed by atoms with Gasteiger partial charge in [-0.1, -0.05) is 34.1 Å². The van der Waals surface area contributed by atoms with Crippen molar-refractivity contribution in [2.75, 3.05) is 0 Å². The maximum Gasteiger partial charge on any atom is 0.0451 e.